The molecule has 1 atom stereocenters. The fraction of sp³-hybridized carbons (Fsp3) is 0.583. The number of amides is 1. The average molecular weight is 263 g/mol. The number of halogens is 2. The Morgan fingerprint density at radius 1 is 1.41 bits per heavy atom. The van der Waals surface area contributed by atoms with E-state index in [2.05, 4.69) is 5.32 Å². The quantitative estimate of drug-likeness (QED) is 0.460. The molecule has 0 saturated heterocycles. The molecule has 0 aromatic rings. The molecule has 0 radical (unpaired) electrons. The van der Waals surface area contributed by atoms with Crippen LogP contribution < -0.4 is 5.32 Å². The van der Waals surface area contributed by atoms with Crippen molar-refractivity contribution in [2.24, 2.45) is 0 Å². The molecular formula is C12H20F2NOP. The molecule has 5 heteroatoms. The molecule has 0 rings (SSSR count). The van der Waals surface area contributed by atoms with Crippen LogP contribution in [0.2, 0.25) is 0 Å². The summed E-state index contributed by atoms with van der Waals surface area (Å²) in [7, 11) is 3.06. The topological polar surface area (TPSA) is 29.1 Å². The molecule has 0 aromatic heterocycles. The normalized spacial score (nSPS) is 14.4. The van der Waals surface area contributed by atoms with Crippen LogP contribution in [-0.4, -0.2) is 18.6 Å². The molecule has 0 aliphatic rings. The third kappa shape index (κ3) is 5.40. The highest BCUT2D eigenvalue weighted by atomic mass is 31.0. The summed E-state index contributed by atoms with van der Waals surface area (Å²) in [6.45, 7) is 5.06. The smallest absolute Gasteiger partial charge is 0.280 e. The SMILES string of the molecule is CCC/C(=C(C)\C=C(/C)C(=O)NC)C(F)(F)P. The molecular weight excluding hydrogens is 243 g/mol. The number of carbonyl (C=O) groups is 1. The third-order valence-electron chi connectivity index (χ3n) is 2.40. The minimum Gasteiger partial charge on any atom is -0.355 e. The van der Waals surface area contributed by atoms with Gasteiger partial charge in [0.15, 0.2) is 0 Å². The molecule has 1 N–H and O–H groups in total. The number of rotatable bonds is 5. The number of nitrogens with one attached hydrogen (secondary N) is 1. The van der Waals surface area contributed by atoms with Crippen LogP contribution in [0.3, 0.4) is 0 Å². The Bertz CT molecular complexity index is 343. The molecule has 0 fully saturated rings. The number of carbonyl (C=O) groups excluding carboxylic acids is 1. The van der Waals surface area contributed by atoms with E-state index in [1.165, 1.54) is 13.1 Å². The fourth-order valence-electron chi connectivity index (χ4n) is 1.55. The van der Waals surface area contributed by atoms with Gasteiger partial charge in [-0.05, 0) is 25.8 Å². The Balaban J connectivity index is 5.29. The van der Waals surface area contributed by atoms with Crippen LogP contribution in [0.25, 0.3) is 0 Å². The highest BCUT2D eigenvalue weighted by Gasteiger charge is 2.28. The van der Waals surface area contributed by atoms with Gasteiger partial charge in [-0.15, -0.1) is 0 Å². The lowest BCUT2D eigenvalue weighted by molar-refractivity contribution is -0.117. The minimum atomic E-state index is -2.92. The number of alkyl halides is 2. The van der Waals surface area contributed by atoms with Crippen LogP contribution in [0.15, 0.2) is 22.8 Å². The van der Waals surface area contributed by atoms with Gasteiger partial charge in [0.25, 0.3) is 5.66 Å². The first-order chi connectivity index (χ1) is 7.73. The van der Waals surface area contributed by atoms with E-state index in [4.69, 9.17) is 0 Å². The van der Waals surface area contributed by atoms with E-state index < -0.39 is 5.66 Å². The van der Waals surface area contributed by atoms with Crippen molar-refractivity contribution in [1.29, 1.82) is 0 Å². The number of likely N-dealkylation sites (N-methyl/N-ethyl adjacent to an activating group) is 1. The first-order valence-electron chi connectivity index (χ1n) is 5.51. The second kappa shape index (κ2) is 6.85. The molecule has 0 saturated carbocycles. The molecule has 98 valence electrons. The monoisotopic (exact) mass is 263 g/mol. The second-order valence-corrected chi connectivity index (χ2v) is 4.67. The van der Waals surface area contributed by atoms with Gasteiger partial charge in [-0.3, -0.25) is 4.79 Å². The van der Waals surface area contributed by atoms with E-state index in [1.54, 1.807) is 23.1 Å². The summed E-state index contributed by atoms with van der Waals surface area (Å²) in [6.07, 6.45) is 2.46. The lowest BCUT2D eigenvalue weighted by atomic mass is 10.0. The van der Waals surface area contributed by atoms with Crippen molar-refractivity contribution in [1.82, 2.24) is 5.32 Å². The van der Waals surface area contributed by atoms with Gasteiger partial charge in [0.1, 0.15) is 0 Å². The van der Waals surface area contributed by atoms with E-state index in [0.29, 0.717) is 24.0 Å². The maximum absolute atomic E-state index is 13.3. The predicted molar refractivity (Wildman–Crippen MR) is 70.1 cm³/mol. The van der Waals surface area contributed by atoms with Gasteiger partial charge in [-0.25, -0.2) is 0 Å². The standard InChI is InChI=1S/C12H20F2NOP/c1-5-6-10(12(13,14)17)8(2)7-9(3)11(16)15-4/h7H,5-6,17H2,1-4H3,(H,15,16)/b9-7+,10-8+. The summed E-state index contributed by atoms with van der Waals surface area (Å²) in [5, 5.41) is 2.46. The van der Waals surface area contributed by atoms with Gasteiger partial charge < -0.3 is 5.32 Å². The number of hydrogen-bond donors (Lipinski definition) is 1. The van der Waals surface area contributed by atoms with Crippen LogP contribution in [0, 0.1) is 0 Å². The van der Waals surface area contributed by atoms with Gasteiger partial charge >= 0.3 is 0 Å². The lowest BCUT2D eigenvalue weighted by Gasteiger charge is -2.17. The van der Waals surface area contributed by atoms with E-state index in [1.807, 2.05) is 6.92 Å². The fourth-order valence-corrected chi connectivity index (χ4v) is 1.92. The molecule has 0 aromatic carbocycles. The maximum Gasteiger partial charge on any atom is 0.280 e. The van der Waals surface area contributed by atoms with Crippen molar-refractivity contribution in [2.75, 3.05) is 7.05 Å². The van der Waals surface area contributed by atoms with Gasteiger partial charge in [0, 0.05) is 18.2 Å². The van der Waals surface area contributed by atoms with E-state index in [-0.39, 0.29) is 11.5 Å². The first kappa shape index (κ1) is 16.2. The molecule has 1 amide bonds. The largest absolute Gasteiger partial charge is 0.355 e. The summed E-state index contributed by atoms with van der Waals surface area (Å²) in [6, 6.07) is 0. The molecule has 2 nitrogen and oxygen atoms in total. The third-order valence-corrected chi connectivity index (χ3v) is 2.75. The average Bonchev–Trinajstić information content (AvgIpc) is 2.22. The maximum atomic E-state index is 13.3. The van der Waals surface area contributed by atoms with Gasteiger partial charge in [0.05, 0.1) is 0 Å². The Morgan fingerprint density at radius 3 is 2.29 bits per heavy atom. The Kier molecular flexibility index (Phi) is 6.54. The number of hydrogen-bond acceptors (Lipinski definition) is 1. The van der Waals surface area contributed by atoms with E-state index in [9.17, 15) is 13.6 Å². The van der Waals surface area contributed by atoms with Gasteiger partial charge in [-0.1, -0.05) is 28.7 Å². The van der Waals surface area contributed by atoms with Crippen molar-refractivity contribution >= 4 is 15.1 Å². The molecule has 17 heavy (non-hydrogen) atoms. The highest BCUT2D eigenvalue weighted by molar-refractivity contribution is 7.18. The van der Waals surface area contributed by atoms with Crippen LogP contribution in [0.5, 0.6) is 0 Å². The highest BCUT2D eigenvalue weighted by Crippen LogP contribution is 2.36. The molecule has 0 heterocycles. The van der Waals surface area contributed by atoms with Crippen molar-refractivity contribution in [3.8, 4) is 0 Å². The van der Waals surface area contributed by atoms with Crippen LogP contribution >= 0.6 is 9.24 Å². The zero-order valence-corrected chi connectivity index (χ0v) is 11.9. The van der Waals surface area contributed by atoms with Crippen LogP contribution in [0.4, 0.5) is 8.78 Å². The van der Waals surface area contributed by atoms with E-state index >= 15 is 0 Å². The zero-order valence-electron chi connectivity index (χ0n) is 10.7. The summed E-state index contributed by atoms with van der Waals surface area (Å²) >= 11 is 0. The predicted octanol–water partition coefficient (Wildman–Crippen LogP) is 3.26. The van der Waals surface area contributed by atoms with Crippen molar-refractivity contribution in [3.63, 3.8) is 0 Å². The number of allylic oxidation sites excluding steroid dienone is 3. The van der Waals surface area contributed by atoms with Gasteiger partial charge in [-0.2, -0.15) is 8.78 Å². The zero-order chi connectivity index (χ0) is 13.6. The van der Waals surface area contributed by atoms with Gasteiger partial charge in [0.2, 0.25) is 5.91 Å². The van der Waals surface area contributed by atoms with Crippen LogP contribution in [-0.2, 0) is 4.79 Å². The minimum absolute atomic E-state index is 0.0632. The lowest BCUT2D eigenvalue weighted by Crippen LogP contribution is -2.19. The Morgan fingerprint density at radius 2 is 1.94 bits per heavy atom. The van der Waals surface area contributed by atoms with Crippen molar-refractivity contribution < 1.29 is 13.6 Å². The summed E-state index contributed by atoms with van der Waals surface area (Å²) in [5.41, 5.74) is -1.98. The van der Waals surface area contributed by atoms with E-state index in [0.717, 1.165) is 0 Å². The van der Waals surface area contributed by atoms with Crippen molar-refractivity contribution in [3.05, 3.63) is 22.8 Å². The molecule has 0 bridgehead atoms. The summed E-state index contributed by atoms with van der Waals surface area (Å²) in [5.74, 6) is -0.257. The molecule has 0 spiro atoms. The molecule has 0 aliphatic carbocycles. The summed E-state index contributed by atoms with van der Waals surface area (Å²) in [4.78, 5) is 11.3. The second-order valence-electron chi connectivity index (χ2n) is 3.94. The molecule has 0 aliphatic heterocycles. The molecule has 1 unspecified atom stereocenters. The van der Waals surface area contributed by atoms with Crippen LogP contribution in [0.1, 0.15) is 33.6 Å². The first-order valence-corrected chi connectivity index (χ1v) is 6.09. The Hall–Kier alpha value is -0.760. The summed E-state index contributed by atoms with van der Waals surface area (Å²) < 4.78 is 26.7. The van der Waals surface area contributed by atoms with Crippen molar-refractivity contribution in [2.45, 2.75) is 39.3 Å². The Labute approximate surface area is 104 Å².